The molecule has 3 atom stereocenters. The third-order valence-electron chi connectivity index (χ3n) is 4.44. The number of rotatable bonds is 4. The van der Waals surface area contributed by atoms with Crippen LogP contribution >= 0.6 is 11.6 Å². The van der Waals surface area contributed by atoms with Gasteiger partial charge in [-0.3, -0.25) is 4.68 Å². The van der Waals surface area contributed by atoms with E-state index >= 15 is 0 Å². The summed E-state index contributed by atoms with van der Waals surface area (Å²) in [6.07, 6.45) is 7.19. The number of halogens is 1. The van der Waals surface area contributed by atoms with Gasteiger partial charge in [0.25, 0.3) is 0 Å². The van der Waals surface area contributed by atoms with Crippen LogP contribution in [-0.4, -0.2) is 15.2 Å². The van der Waals surface area contributed by atoms with Crippen molar-refractivity contribution in [1.82, 2.24) is 9.78 Å². The highest BCUT2D eigenvalue weighted by Crippen LogP contribution is 2.36. The van der Waals surface area contributed by atoms with Crippen molar-refractivity contribution in [3.05, 3.63) is 17.5 Å². The molecule has 0 radical (unpaired) electrons. The number of nitrogens with zero attached hydrogens (tertiary/aromatic N) is 2. The molecule has 0 N–H and O–H groups in total. The van der Waals surface area contributed by atoms with Crippen LogP contribution in [0.5, 0.6) is 0 Å². The average Bonchev–Trinajstić information content (AvgIpc) is 2.73. The van der Waals surface area contributed by atoms with Gasteiger partial charge in [-0.05, 0) is 50.0 Å². The largest absolute Gasteiger partial charge is 0.272 e. The van der Waals surface area contributed by atoms with Crippen molar-refractivity contribution < 1.29 is 0 Å². The topological polar surface area (TPSA) is 17.8 Å². The lowest BCUT2D eigenvalue weighted by molar-refractivity contribution is 0.262. The fraction of sp³-hybridized carbons (Fsp3) is 0.800. The highest BCUT2D eigenvalue weighted by Gasteiger charge is 2.29. The lowest BCUT2D eigenvalue weighted by Gasteiger charge is -2.32. The Morgan fingerprint density at radius 1 is 1.39 bits per heavy atom. The maximum Gasteiger partial charge on any atom is 0.0624 e. The van der Waals surface area contributed by atoms with Crippen LogP contribution in [0.4, 0.5) is 0 Å². The Bertz CT molecular complexity index is 386. The minimum absolute atomic E-state index is 0.354. The second kappa shape index (κ2) is 6.10. The predicted molar refractivity (Wildman–Crippen MR) is 77.1 cm³/mol. The van der Waals surface area contributed by atoms with E-state index < -0.39 is 0 Å². The van der Waals surface area contributed by atoms with Gasteiger partial charge in [-0.1, -0.05) is 20.3 Å². The van der Waals surface area contributed by atoms with E-state index in [9.17, 15) is 0 Å². The molecule has 0 spiro atoms. The van der Waals surface area contributed by atoms with Crippen LogP contribution in [-0.2, 0) is 19.9 Å². The van der Waals surface area contributed by atoms with Crippen molar-refractivity contribution in [2.75, 3.05) is 0 Å². The van der Waals surface area contributed by atoms with Gasteiger partial charge in [-0.15, -0.1) is 11.6 Å². The molecule has 1 aliphatic carbocycles. The van der Waals surface area contributed by atoms with Crippen molar-refractivity contribution in [1.29, 1.82) is 0 Å². The van der Waals surface area contributed by atoms with Crippen molar-refractivity contribution in [3.63, 3.8) is 0 Å². The molecular formula is C15H25ClN2. The highest BCUT2D eigenvalue weighted by atomic mass is 35.5. The van der Waals surface area contributed by atoms with Crippen LogP contribution < -0.4 is 0 Å². The smallest absolute Gasteiger partial charge is 0.0624 e. The molecule has 1 heterocycles. The molecule has 2 nitrogen and oxygen atoms in total. The van der Waals surface area contributed by atoms with Crippen molar-refractivity contribution in [2.45, 2.75) is 57.7 Å². The Balaban J connectivity index is 2.04. The minimum atomic E-state index is 0.354. The van der Waals surface area contributed by atoms with Gasteiger partial charge in [0.1, 0.15) is 0 Å². The molecule has 0 bridgehead atoms. The normalized spacial score (nSPS) is 28.6. The molecule has 102 valence electrons. The molecule has 3 heteroatoms. The second-order valence-electron chi connectivity index (χ2n) is 5.67. The number of aryl methyl sites for hydroxylation is 2. The van der Waals surface area contributed by atoms with Gasteiger partial charge < -0.3 is 0 Å². The van der Waals surface area contributed by atoms with E-state index in [2.05, 4.69) is 32.1 Å². The van der Waals surface area contributed by atoms with Crippen molar-refractivity contribution in [3.8, 4) is 0 Å². The van der Waals surface area contributed by atoms with Crippen molar-refractivity contribution in [2.24, 2.45) is 18.9 Å². The number of aromatic nitrogens is 2. The van der Waals surface area contributed by atoms with Gasteiger partial charge in [0.05, 0.1) is 5.69 Å². The Hall–Kier alpha value is -0.500. The summed E-state index contributed by atoms with van der Waals surface area (Å²) in [5, 5.41) is 4.89. The molecule has 18 heavy (non-hydrogen) atoms. The molecule has 1 aromatic rings. The van der Waals surface area contributed by atoms with Crippen LogP contribution in [0.3, 0.4) is 0 Å². The Kier molecular flexibility index (Phi) is 4.71. The molecule has 1 aliphatic rings. The fourth-order valence-corrected chi connectivity index (χ4v) is 3.43. The predicted octanol–water partition coefficient (Wildman–Crippen LogP) is 3.96. The van der Waals surface area contributed by atoms with Gasteiger partial charge in [-0.2, -0.15) is 5.10 Å². The summed E-state index contributed by atoms with van der Waals surface area (Å²) >= 11 is 6.52. The van der Waals surface area contributed by atoms with E-state index in [1.807, 2.05) is 4.68 Å². The Morgan fingerprint density at radius 3 is 2.78 bits per heavy atom. The van der Waals surface area contributed by atoms with E-state index in [4.69, 9.17) is 11.6 Å². The molecule has 1 saturated carbocycles. The SMILES string of the molecule is CCc1cc(CC2CC(CC)CCC2Cl)n(C)n1. The van der Waals surface area contributed by atoms with Gasteiger partial charge in [0.15, 0.2) is 0 Å². The lowest BCUT2D eigenvalue weighted by atomic mass is 9.78. The Labute approximate surface area is 116 Å². The van der Waals surface area contributed by atoms with E-state index in [0.29, 0.717) is 11.3 Å². The van der Waals surface area contributed by atoms with Gasteiger partial charge >= 0.3 is 0 Å². The van der Waals surface area contributed by atoms with Gasteiger partial charge in [-0.25, -0.2) is 0 Å². The molecule has 2 rings (SSSR count). The average molecular weight is 269 g/mol. The zero-order chi connectivity index (χ0) is 13.1. The fourth-order valence-electron chi connectivity index (χ4n) is 3.11. The molecule has 1 fully saturated rings. The van der Waals surface area contributed by atoms with Gasteiger partial charge in [0.2, 0.25) is 0 Å². The van der Waals surface area contributed by atoms with E-state index in [-0.39, 0.29) is 0 Å². The zero-order valence-corrected chi connectivity index (χ0v) is 12.6. The number of hydrogen-bond donors (Lipinski definition) is 0. The maximum atomic E-state index is 6.52. The third-order valence-corrected chi connectivity index (χ3v) is 5.01. The summed E-state index contributed by atoms with van der Waals surface area (Å²) < 4.78 is 2.04. The molecular weight excluding hydrogens is 244 g/mol. The second-order valence-corrected chi connectivity index (χ2v) is 6.23. The first-order valence-corrected chi connectivity index (χ1v) is 7.73. The molecule has 0 aromatic carbocycles. The van der Waals surface area contributed by atoms with Crippen molar-refractivity contribution >= 4 is 11.6 Å². The Morgan fingerprint density at radius 2 is 2.17 bits per heavy atom. The molecule has 1 aromatic heterocycles. The number of alkyl halides is 1. The molecule has 0 saturated heterocycles. The van der Waals surface area contributed by atoms with Crippen LogP contribution in [0.15, 0.2) is 6.07 Å². The van der Waals surface area contributed by atoms with Gasteiger partial charge in [0, 0.05) is 18.1 Å². The first-order chi connectivity index (χ1) is 8.63. The molecule has 0 aliphatic heterocycles. The summed E-state index contributed by atoms with van der Waals surface area (Å²) in [5.41, 5.74) is 2.54. The summed E-state index contributed by atoms with van der Waals surface area (Å²) in [5.74, 6) is 1.51. The first-order valence-electron chi connectivity index (χ1n) is 7.29. The maximum absolute atomic E-state index is 6.52. The standard InChI is InChI=1S/C15H25ClN2/c1-4-11-6-7-15(16)12(8-11)9-14-10-13(5-2)17-18(14)3/h10-12,15H,4-9H2,1-3H3. The van der Waals surface area contributed by atoms with E-state index in [1.54, 1.807) is 0 Å². The quantitative estimate of drug-likeness (QED) is 0.756. The monoisotopic (exact) mass is 268 g/mol. The van der Waals surface area contributed by atoms with Crippen LogP contribution in [0, 0.1) is 11.8 Å². The summed E-state index contributed by atoms with van der Waals surface area (Å²) in [6, 6.07) is 2.25. The minimum Gasteiger partial charge on any atom is -0.272 e. The number of hydrogen-bond acceptors (Lipinski definition) is 1. The zero-order valence-electron chi connectivity index (χ0n) is 11.8. The lowest BCUT2D eigenvalue weighted by Crippen LogP contribution is -2.27. The van der Waals surface area contributed by atoms with Crippen LogP contribution in [0.2, 0.25) is 0 Å². The molecule has 0 amide bonds. The molecule has 3 unspecified atom stereocenters. The first kappa shape index (κ1) is 13.9. The van der Waals surface area contributed by atoms with Crippen LogP contribution in [0.25, 0.3) is 0 Å². The summed E-state index contributed by atoms with van der Waals surface area (Å²) in [7, 11) is 2.05. The van der Waals surface area contributed by atoms with Crippen LogP contribution in [0.1, 0.15) is 50.9 Å². The van der Waals surface area contributed by atoms with E-state index in [0.717, 1.165) is 18.8 Å². The highest BCUT2D eigenvalue weighted by molar-refractivity contribution is 6.20. The third kappa shape index (κ3) is 3.09. The summed E-state index contributed by atoms with van der Waals surface area (Å²) in [6.45, 7) is 4.46. The van der Waals surface area contributed by atoms with E-state index in [1.165, 1.54) is 37.1 Å². The summed E-state index contributed by atoms with van der Waals surface area (Å²) in [4.78, 5) is 0.